The highest BCUT2D eigenvalue weighted by Gasteiger charge is 2.14. The molecule has 0 bridgehead atoms. The molecule has 0 heterocycles. The molecule has 0 aromatic heterocycles. The van der Waals surface area contributed by atoms with Crippen molar-refractivity contribution in [3.63, 3.8) is 0 Å². The fourth-order valence-corrected chi connectivity index (χ4v) is 1.29. The molecule has 80 valence electrons. The van der Waals surface area contributed by atoms with Gasteiger partial charge in [0.15, 0.2) is 0 Å². The van der Waals surface area contributed by atoms with Gasteiger partial charge in [0.2, 0.25) is 0 Å². The van der Waals surface area contributed by atoms with E-state index >= 15 is 0 Å². The van der Waals surface area contributed by atoms with Crippen LogP contribution in [-0.2, 0) is 0 Å². The van der Waals surface area contributed by atoms with Gasteiger partial charge < -0.3 is 10.2 Å². The molecular weight excluding hydrogens is 166 g/mol. The predicted molar refractivity (Wildman–Crippen MR) is 54.6 cm³/mol. The van der Waals surface area contributed by atoms with Gasteiger partial charge in [-0.3, -0.25) is 4.90 Å². The topological polar surface area (TPSA) is 43.7 Å². The summed E-state index contributed by atoms with van der Waals surface area (Å²) in [7, 11) is 0. The lowest BCUT2D eigenvalue weighted by atomic mass is 10.1. The molecule has 0 fully saturated rings. The molecule has 1 atom stereocenters. The quantitative estimate of drug-likeness (QED) is 0.646. The fraction of sp³-hybridized carbons (Fsp3) is 1.00. The first kappa shape index (κ1) is 12.9. The van der Waals surface area contributed by atoms with Crippen molar-refractivity contribution in [1.29, 1.82) is 0 Å². The molecule has 0 aromatic carbocycles. The van der Waals surface area contributed by atoms with Crippen molar-refractivity contribution in [2.75, 3.05) is 19.7 Å². The third-order valence-corrected chi connectivity index (χ3v) is 1.99. The molecule has 2 N–H and O–H groups in total. The van der Waals surface area contributed by atoms with Crippen LogP contribution >= 0.6 is 0 Å². The molecule has 13 heavy (non-hydrogen) atoms. The van der Waals surface area contributed by atoms with Crippen LogP contribution < -0.4 is 0 Å². The van der Waals surface area contributed by atoms with Crippen LogP contribution in [0.4, 0.5) is 0 Å². The smallest absolute Gasteiger partial charge is 0.0897 e. The van der Waals surface area contributed by atoms with Crippen LogP contribution in [0.3, 0.4) is 0 Å². The predicted octanol–water partition coefficient (Wildman–Crippen LogP) is 0.706. The number of hydrogen-bond acceptors (Lipinski definition) is 3. The minimum absolute atomic E-state index is 0.151. The summed E-state index contributed by atoms with van der Waals surface area (Å²) in [4.78, 5) is 2.19. The van der Waals surface area contributed by atoms with Gasteiger partial charge in [0.25, 0.3) is 0 Å². The normalized spacial score (nSPS) is 14.5. The highest BCUT2D eigenvalue weighted by atomic mass is 16.3. The highest BCUT2D eigenvalue weighted by molar-refractivity contribution is 4.68. The molecule has 0 saturated carbocycles. The molecule has 0 radical (unpaired) electrons. The van der Waals surface area contributed by atoms with Crippen molar-refractivity contribution in [2.24, 2.45) is 5.92 Å². The monoisotopic (exact) mass is 189 g/mol. The maximum Gasteiger partial charge on any atom is 0.0897 e. The van der Waals surface area contributed by atoms with Crippen LogP contribution in [0.25, 0.3) is 0 Å². The van der Waals surface area contributed by atoms with E-state index in [0.717, 1.165) is 6.54 Å². The summed E-state index contributed by atoms with van der Waals surface area (Å²) in [6, 6.07) is 0.420. The summed E-state index contributed by atoms with van der Waals surface area (Å²) in [5, 5.41) is 18.0. The van der Waals surface area contributed by atoms with Crippen LogP contribution in [0.5, 0.6) is 0 Å². The van der Waals surface area contributed by atoms with Gasteiger partial charge in [-0.05, 0) is 19.8 Å². The maximum atomic E-state index is 9.30. The van der Waals surface area contributed by atoms with Crippen LogP contribution in [0.1, 0.15) is 27.7 Å². The number of aliphatic hydroxyl groups excluding tert-OH is 2. The van der Waals surface area contributed by atoms with Gasteiger partial charge in [-0.2, -0.15) is 0 Å². The van der Waals surface area contributed by atoms with Gasteiger partial charge in [0, 0.05) is 19.1 Å². The Bertz CT molecular complexity index is 126. The molecule has 0 aromatic rings. The zero-order valence-electron chi connectivity index (χ0n) is 9.20. The Kier molecular flexibility index (Phi) is 6.29. The zero-order chi connectivity index (χ0) is 10.4. The molecule has 0 aliphatic carbocycles. The molecule has 3 nitrogen and oxygen atoms in total. The van der Waals surface area contributed by atoms with E-state index in [1.54, 1.807) is 0 Å². The van der Waals surface area contributed by atoms with Crippen LogP contribution in [0.2, 0.25) is 0 Å². The lowest BCUT2D eigenvalue weighted by Gasteiger charge is -2.29. The molecule has 1 unspecified atom stereocenters. The van der Waals surface area contributed by atoms with E-state index in [2.05, 4.69) is 32.6 Å². The van der Waals surface area contributed by atoms with Crippen LogP contribution in [0.15, 0.2) is 0 Å². The minimum atomic E-state index is -0.610. The molecular formula is C10H23NO2. The number of nitrogens with zero attached hydrogens (tertiary/aromatic N) is 1. The first-order chi connectivity index (χ1) is 5.97. The summed E-state index contributed by atoms with van der Waals surface area (Å²) in [5.41, 5.74) is 0. The zero-order valence-corrected chi connectivity index (χ0v) is 9.20. The second-order valence-electron chi connectivity index (χ2n) is 4.28. The van der Waals surface area contributed by atoms with E-state index in [9.17, 15) is 5.11 Å². The summed E-state index contributed by atoms with van der Waals surface area (Å²) < 4.78 is 0. The first-order valence-electron chi connectivity index (χ1n) is 5.00. The number of hydrogen-bond donors (Lipinski definition) is 2. The summed E-state index contributed by atoms with van der Waals surface area (Å²) in [6.07, 6.45) is -0.610. The molecule has 0 amide bonds. The Morgan fingerprint density at radius 3 is 1.92 bits per heavy atom. The van der Waals surface area contributed by atoms with Gasteiger partial charge in [0.05, 0.1) is 12.7 Å². The maximum absolute atomic E-state index is 9.30. The highest BCUT2D eigenvalue weighted by Crippen LogP contribution is 2.04. The van der Waals surface area contributed by atoms with E-state index in [4.69, 9.17) is 5.11 Å². The van der Waals surface area contributed by atoms with E-state index in [1.807, 2.05) is 0 Å². The van der Waals surface area contributed by atoms with Gasteiger partial charge >= 0.3 is 0 Å². The lowest BCUT2D eigenvalue weighted by molar-refractivity contribution is 0.0452. The largest absolute Gasteiger partial charge is 0.394 e. The van der Waals surface area contributed by atoms with Crippen molar-refractivity contribution < 1.29 is 10.2 Å². The lowest BCUT2D eigenvalue weighted by Crippen LogP contribution is -2.40. The Balaban J connectivity index is 3.94. The van der Waals surface area contributed by atoms with Crippen LogP contribution in [0, 0.1) is 5.92 Å². The summed E-state index contributed by atoms with van der Waals surface area (Å²) in [6.45, 7) is 9.89. The van der Waals surface area contributed by atoms with Crippen molar-refractivity contribution in [3.05, 3.63) is 0 Å². The third-order valence-electron chi connectivity index (χ3n) is 1.99. The van der Waals surface area contributed by atoms with Crippen molar-refractivity contribution in [2.45, 2.75) is 39.8 Å². The molecule has 0 saturated heterocycles. The minimum Gasteiger partial charge on any atom is -0.394 e. The molecule has 0 aliphatic heterocycles. The Morgan fingerprint density at radius 1 is 1.08 bits per heavy atom. The van der Waals surface area contributed by atoms with E-state index in [-0.39, 0.29) is 6.61 Å². The third kappa shape index (κ3) is 6.02. The van der Waals surface area contributed by atoms with E-state index in [1.165, 1.54) is 0 Å². The average molecular weight is 189 g/mol. The molecule has 3 heteroatoms. The SMILES string of the molecule is CC(C)CN(CC(O)CO)C(C)C. The number of rotatable bonds is 6. The molecule has 0 spiro atoms. The summed E-state index contributed by atoms with van der Waals surface area (Å²) in [5.74, 6) is 0.591. The molecule has 0 aliphatic rings. The second kappa shape index (κ2) is 6.35. The van der Waals surface area contributed by atoms with Gasteiger partial charge in [-0.1, -0.05) is 13.8 Å². The summed E-state index contributed by atoms with van der Waals surface area (Å²) >= 11 is 0. The van der Waals surface area contributed by atoms with Crippen molar-refractivity contribution in [1.82, 2.24) is 4.90 Å². The van der Waals surface area contributed by atoms with E-state index < -0.39 is 6.10 Å². The average Bonchev–Trinajstić information content (AvgIpc) is 2.02. The Morgan fingerprint density at radius 2 is 1.62 bits per heavy atom. The second-order valence-corrected chi connectivity index (χ2v) is 4.28. The van der Waals surface area contributed by atoms with Crippen molar-refractivity contribution in [3.8, 4) is 0 Å². The van der Waals surface area contributed by atoms with Gasteiger partial charge in [-0.15, -0.1) is 0 Å². The first-order valence-corrected chi connectivity index (χ1v) is 5.00. The van der Waals surface area contributed by atoms with Crippen LogP contribution in [-0.4, -0.2) is 47.0 Å². The van der Waals surface area contributed by atoms with E-state index in [0.29, 0.717) is 18.5 Å². The molecule has 0 rings (SSSR count). The Labute approximate surface area is 81.4 Å². The standard InChI is InChI=1S/C10H23NO2/c1-8(2)5-11(9(3)4)6-10(13)7-12/h8-10,12-13H,5-7H2,1-4H3. The number of aliphatic hydroxyl groups is 2. The Hall–Kier alpha value is -0.120. The fourth-order valence-electron chi connectivity index (χ4n) is 1.29. The van der Waals surface area contributed by atoms with Gasteiger partial charge in [0.1, 0.15) is 0 Å². The van der Waals surface area contributed by atoms with Crippen molar-refractivity contribution >= 4 is 0 Å². The van der Waals surface area contributed by atoms with Gasteiger partial charge in [-0.25, -0.2) is 0 Å².